The molecule has 3 rings (SSSR count). The maximum absolute atomic E-state index is 12.8. The molecule has 8 heteroatoms. The molecule has 0 bridgehead atoms. The van der Waals surface area contributed by atoms with E-state index in [0.29, 0.717) is 5.69 Å². The molecule has 0 aromatic heterocycles. The van der Waals surface area contributed by atoms with Crippen molar-refractivity contribution in [3.63, 3.8) is 0 Å². The van der Waals surface area contributed by atoms with E-state index in [9.17, 15) is 18.0 Å². The lowest BCUT2D eigenvalue weighted by Gasteiger charge is -2.14. The molecule has 0 aliphatic heterocycles. The number of amides is 1. The standard InChI is InChI=1S/C23H28N2O5S/c1-3-4-6-17-9-11-20(12-10-17)25-31(28,29)21-8-5-7-18(15-21)23(27)30-16(2)22(26)24-19-13-14-19/h5,7-12,15-16,19,25H,3-4,6,13-14H2,1-2H3,(H,24,26). The molecule has 1 amide bonds. The first-order valence-electron chi connectivity index (χ1n) is 10.5. The summed E-state index contributed by atoms with van der Waals surface area (Å²) in [6.45, 7) is 3.61. The third kappa shape index (κ3) is 6.55. The van der Waals surface area contributed by atoms with Crippen molar-refractivity contribution < 1.29 is 22.7 Å². The fraction of sp³-hybridized carbons (Fsp3) is 0.391. The zero-order valence-electron chi connectivity index (χ0n) is 17.8. The van der Waals surface area contributed by atoms with E-state index in [1.54, 1.807) is 12.1 Å². The van der Waals surface area contributed by atoms with Crippen molar-refractivity contribution in [2.24, 2.45) is 0 Å². The van der Waals surface area contributed by atoms with Gasteiger partial charge in [-0.1, -0.05) is 31.5 Å². The molecule has 1 aliphatic carbocycles. The summed E-state index contributed by atoms with van der Waals surface area (Å²) in [7, 11) is -3.89. The van der Waals surface area contributed by atoms with Crippen molar-refractivity contribution in [1.82, 2.24) is 5.32 Å². The van der Waals surface area contributed by atoms with Crippen molar-refractivity contribution >= 4 is 27.6 Å². The summed E-state index contributed by atoms with van der Waals surface area (Å²) in [5.41, 5.74) is 1.65. The van der Waals surface area contributed by atoms with Crippen molar-refractivity contribution in [2.45, 2.75) is 63.0 Å². The average Bonchev–Trinajstić information content (AvgIpc) is 3.57. The minimum absolute atomic E-state index is 0.0591. The molecule has 1 aliphatic rings. The lowest BCUT2D eigenvalue weighted by atomic mass is 10.1. The van der Waals surface area contributed by atoms with Crippen LogP contribution in [0, 0.1) is 0 Å². The molecule has 1 unspecified atom stereocenters. The monoisotopic (exact) mass is 444 g/mol. The Labute approximate surface area is 183 Å². The summed E-state index contributed by atoms with van der Waals surface area (Å²) in [5.74, 6) is -1.11. The van der Waals surface area contributed by atoms with Gasteiger partial charge >= 0.3 is 5.97 Å². The van der Waals surface area contributed by atoms with E-state index in [4.69, 9.17) is 4.74 Å². The van der Waals surface area contributed by atoms with Crippen molar-refractivity contribution in [2.75, 3.05) is 4.72 Å². The van der Waals surface area contributed by atoms with E-state index in [2.05, 4.69) is 17.0 Å². The Balaban J connectivity index is 1.66. The lowest BCUT2D eigenvalue weighted by Crippen LogP contribution is -2.37. The lowest BCUT2D eigenvalue weighted by molar-refractivity contribution is -0.129. The summed E-state index contributed by atoms with van der Waals surface area (Å²) in [5, 5.41) is 2.77. The SMILES string of the molecule is CCCCc1ccc(NS(=O)(=O)c2cccc(C(=O)OC(C)C(=O)NC3CC3)c2)cc1. The summed E-state index contributed by atoms with van der Waals surface area (Å²) in [4.78, 5) is 24.3. The number of aryl methyl sites for hydroxylation is 1. The molecular formula is C23H28N2O5S. The molecule has 31 heavy (non-hydrogen) atoms. The Morgan fingerprint density at radius 3 is 2.48 bits per heavy atom. The topological polar surface area (TPSA) is 102 Å². The second kappa shape index (κ2) is 9.96. The molecule has 7 nitrogen and oxygen atoms in total. The van der Waals surface area contributed by atoms with Gasteiger partial charge in [-0.25, -0.2) is 13.2 Å². The average molecular weight is 445 g/mol. The fourth-order valence-electron chi connectivity index (χ4n) is 2.95. The van der Waals surface area contributed by atoms with Gasteiger partial charge < -0.3 is 10.1 Å². The van der Waals surface area contributed by atoms with Crippen LogP contribution in [-0.4, -0.2) is 32.4 Å². The fourth-order valence-corrected chi connectivity index (χ4v) is 4.06. The predicted molar refractivity (Wildman–Crippen MR) is 118 cm³/mol. The Morgan fingerprint density at radius 1 is 1.13 bits per heavy atom. The first-order valence-corrected chi connectivity index (χ1v) is 12.0. The molecule has 0 heterocycles. The van der Waals surface area contributed by atoms with Crippen LogP contribution < -0.4 is 10.0 Å². The van der Waals surface area contributed by atoms with Gasteiger partial charge in [-0.05, 0) is 68.5 Å². The van der Waals surface area contributed by atoms with E-state index in [1.165, 1.54) is 31.2 Å². The predicted octanol–water partition coefficient (Wildman–Crippen LogP) is 3.65. The minimum Gasteiger partial charge on any atom is -0.449 e. The number of carbonyl (C=O) groups is 2. The highest BCUT2D eigenvalue weighted by Crippen LogP contribution is 2.20. The molecule has 2 aromatic carbocycles. The van der Waals surface area contributed by atoms with E-state index >= 15 is 0 Å². The molecule has 0 radical (unpaired) electrons. The Bertz CT molecular complexity index is 1030. The second-order valence-electron chi connectivity index (χ2n) is 7.76. The summed E-state index contributed by atoms with van der Waals surface area (Å²) in [6, 6.07) is 13.0. The van der Waals surface area contributed by atoms with Gasteiger partial charge in [0.1, 0.15) is 0 Å². The zero-order chi connectivity index (χ0) is 22.4. The normalized spacial score (nSPS) is 14.5. The van der Waals surface area contributed by atoms with Gasteiger partial charge in [0.2, 0.25) is 0 Å². The third-order valence-electron chi connectivity index (χ3n) is 4.98. The molecule has 0 spiro atoms. The maximum Gasteiger partial charge on any atom is 0.338 e. The smallest absolute Gasteiger partial charge is 0.338 e. The van der Waals surface area contributed by atoms with Crippen LogP contribution in [0.1, 0.15) is 55.5 Å². The molecule has 0 saturated heterocycles. The number of ether oxygens (including phenoxy) is 1. The van der Waals surface area contributed by atoms with Crippen LogP contribution in [-0.2, 0) is 26.0 Å². The maximum atomic E-state index is 12.8. The summed E-state index contributed by atoms with van der Waals surface area (Å²) in [6.07, 6.45) is 4.02. The quantitative estimate of drug-likeness (QED) is 0.545. The number of nitrogens with one attached hydrogen (secondary N) is 2. The van der Waals surface area contributed by atoms with Gasteiger partial charge in [0.05, 0.1) is 10.5 Å². The number of benzene rings is 2. The molecule has 2 N–H and O–H groups in total. The van der Waals surface area contributed by atoms with Crippen molar-refractivity contribution in [1.29, 1.82) is 0 Å². The van der Waals surface area contributed by atoms with Gasteiger partial charge in [0.25, 0.3) is 15.9 Å². The van der Waals surface area contributed by atoms with Gasteiger partial charge in [-0.3, -0.25) is 9.52 Å². The number of sulfonamides is 1. The van der Waals surface area contributed by atoms with Crippen LogP contribution in [0.15, 0.2) is 53.4 Å². The number of carbonyl (C=O) groups excluding carboxylic acids is 2. The Morgan fingerprint density at radius 2 is 1.84 bits per heavy atom. The molecule has 2 aromatic rings. The molecule has 1 fully saturated rings. The first-order chi connectivity index (χ1) is 14.8. The first kappa shape index (κ1) is 22.8. The summed E-state index contributed by atoms with van der Waals surface area (Å²) >= 11 is 0. The van der Waals surface area contributed by atoms with Crippen LogP contribution in [0.3, 0.4) is 0 Å². The molecule has 166 valence electrons. The van der Waals surface area contributed by atoms with Crippen LogP contribution in [0.5, 0.6) is 0 Å². The zero-order valence-corrected chi connectivity index (χ0v) is 18.6. The highest BCUT2D eigenvalue weighted by atomic mass is 32.2. The number of unbranched alkanes of at least 4 members (excludes halogenated alkanes) is 1. The Hall–Kier alpha value is -2.87. The van der Waals surface area contributed by atoms with Crippen LogP contribution in [0.4, 0.5) is 5.69 Å². The van der Waals surface area contributed by atoms with E-state index < -0.39 is 22.1 Å². The van der Waals surface area contributed by atoms with Gasteiger partial charge in [-0.15, -0.1) is 0 Å². The summed E-state index contributed by atoms with van der Waals surface area (Å²) < 4.78 is 33.2. The Kier molecular flexibility index (Phi) is 7.33. The number of hydrogen-bond donors (Lipinski definition) is 2. The van der Waals surface area contributed by atoms with E-state index in [1.807, 2.05) is 12.1 Å². The van der Waals surface area contributed by atoms with Crippen LogP contribution in [0.25, 0.3) is 0 Å². The largest absolute Gasteiger partial charge is 0.449 e. The van der Waals surface area contributed by atoms with Crippen LogP contribution >= 0.6 is 0 Å². The van der Waals surface area contributed by atoms with E-state index in [-0.39, 0.29) is 22.4 Å². The van der Waals surface area contributed by atoms with Gasteiger partial charge in [0.15, 0.2) is 6.10 Å². The number of rotatable bonds is 10. The van der Waals surface area contributed by atoms with Crippen molar-refractivity contribution in [3.8, 4) is 0 Å². The molecule has 1 saturated carbocycles. The van der Waals surface area contributed by atoms with Gasteiger partial charge in [-0.2, -0.15) is 0 Å². The number of esters is 1. The van der Waals surface area contributed by atoms with Gasteiger partial charge in [0, 0.05) is 11.7 Å². The molecule has 1 atom stereocenters. The van der Waals surface area contributed by atoms with Crippen LogP contribution in [0.2, 0.25) is 0 Å². The molecular weight excluding hydrogens is 416 g/mol. The highest BCUT2D eigenvalue weighted by Gasteiger charge is 2.27. The number of hydrogen-bond acceptors (Lipinski definition) is 5. The highest BCUT2D eigenvalue weighted by molar-refractivity contribution is 7.92. The number of anilines is 1. The second-order valence-corrected chi connectivity index (χ2v) is 9.45. The minimum atomic E-state index is -3.89. The third-order valence-corrected chi connectivity index (χ3v) is 6.36. The van der Waals surface area contributed by atoms with E-state index in [0.717, 1.165) is 37.7 Å². The van der Waals surface area contributed by atoms with Crippen molar-refractivity contribution in [3.05, 3.63) is 59.7 Å².